The summed E-state index contributed by atoms with van der Waals surface area (Å²) in [5.41, 5.74) is 2.86. The highest BCUT2D eigenvalue weighted by atomic mass is 16.3. The zero-order chi connectivity index (χ0) is 14.6. The van der Waals surface area contributed by atoms with Gasteiger partial charge in [0.05, 0.1) is 11.6 Å². The number of aryl methyl sites for hydroxylation is 1. The molecule has 2 N–H and O–H groups in total. The van der Waals surface area contributed by atoms with Crippen molar-refractivity contribution < 1.29 is 5.11 Å². The van der Waals surface area contributed by atoms with Crippen LogP contribution in [-0.2, 0) is 6.54 Å². The molecule has 110 valence electrons. The first-order chi connectivity index (χ1) is 10.1. The van der Waals surface area contributed by atoms with Gasteiger partial charge in [-0.05, 0) is 36.3 Å². The van der Waals surface area contributed by atoms with Gasteiger partial charge in [-0.25, -0.2) is 0 Å². The maximum absolute atomic E-state index is 12.3. The van der Waals surface area contributed by atoms with E-state index in [2.05, 4.69) is 9.88 Å². The van der Waals surface area contributed by atoms with E-state index in [0.29, 0.717) is 18.4 Å². The van der Waals surface area contributed by atoms with Gasteiger partial charge in [0.1, 0.15) is 0 Å². The van der Waals surface area contributed by atoms with Crippen LogP contribution in [0, 0.1) is 18.8 Å². The molecule has 1 saturated carbocycles. The fourth-order valence-electron chi connectivity index (χ4n) is 3.88. The van der Waals surface area contributed by atoms with Gasteiger partial charge in [0, 0.05) is 31.1 Å². The Morgan fingerprint density at radius 3 is 3.00 bits per heavy atom. The van der Waals surface area contributed by atoms with E-state index in [4.69, 9.17) is 0 Å². The van der Waals surface area contributed by atoms with Gasteiger partial charge < -0.3 is 10.1 Å². The van der Waals surface area contributed by atoms with E-state index in [1.165, 1.54) is 0 Å². The number of likely N-dealkylation sites (tertiary alicyclic amines) is 1. The number of hydrogen-bond donors (Lipinski definition) is 2. The van der Waals surface area contributed by atoms with E-state index in [9.17, 15) is 9.90 Å². The Hall–Kier alpha value is -1.65. The normalized spacial score (nSPS) is 28.6. The quantitative estimate of drug-likeness (QED) is 0.881. The van der Waals surface area contributed by atoms with E-state index in [0.717, 1.165) is 41.5 Å². The third-order valence-corrected chi connectivity index (χ3v) is 5.16. The van der Waals surface area contributed by atoms with Gasteiger partial charge >= 0.3 is 0 Å². The van der Waals surface area contributed by atoms with Crippen LogP contribution in [0.25, 0.3) is 10.9 Å². The van der Waals surface area contributed by atoms with Crippen LogP contribution < -0.4 is 5.56 Å². The van der Waals surface area contributed by atoms with E-state index in [1.54, 1.807) is 0 Å². The maximum Gasteiger partial charge on any atom is 0.252 e. The highest BCUT2D eigenvalue weighted by Gasteiger charge is 2.46. The van der Waals surface area contributed by atoms with E-state index in [1.807, 2.05) is 31.2 Å². The standard InChI is InChI=1S/C17H20N2O2/c1-10-3-2-4-11-5-13(17(21)18-16(10)11)8-19-7-12-6-15(20)14(12)9-19/h2-5,12,14-15,20H,6-9H2,1H3,(H,18,21)/t12-,14+,15-/m1/s1. The summed E-state index contributed by atoms with van der Waals surface area (Å²) in [7, 11) is 0. The molecular formula is C17H20N2O2. The number of aliphatic hydroxyl groups excluding tert-OH is 1. The second kappa shape index (κ2) is 4.68. The minimum Gasteiger partial charge on any atom is -0.393 e. The molecule has 0 unspecified atom stereocenters. The zero-order valence-corrected chi connectivity index (χ0v) is 12.2. The van der Waals surface area contributed by atoms with Crippen LogP contribution in [0.3, 0.4) is 0 Å². The summed E-state index contributed by atoms with van der Waals surface area (Å²) in [6, 6.07) is 8.08. The first kappa shape index (κ1) is 13.0. The summed E-state index contributed by atoms with van der Waals surface area (Å²) in [5, 5.41) is 10.8. The molecule has 21 heavy (non-hydrogen) atoms. The van der Waals surface area contributed by atoms with Crippen molar-refractivity contribution in [2.24, 2.45) is 11.8 Å². The maximum atomic E-state index is 12.3. The lowest BCUT2D eigenvalue weighted by atomic mass is 9.74. The van der Waals surface area contributed by atoms with Crippen molar-refractivity contribution in [1.29, 1.82) is 0 Å². The molecule has 2 heterocycles. The highest BCUT2D eigenvalue weighted by Crippen LogP contribution is 2.41. The zero-order valence-electron chi connectivity index (χ0n) is 12.2. The van der Waals surface area contributed by atoms with Gasteiger partial charge in [-0.3, -0.25) is 9.69 Å². The molecule has 2 aliphatic rings. The topological polar surface area (TPSA) is 56.3 Å². The molecule has 4 nitrogen and oxygen atoms in total. The van der Waals surface area contributed by atoms with E-state index >= 15 is 0 Å². The van der Waals surface area contributed by atoms with Gasteiger partial charge in [-0.2, -0.15) is 0 Å². The average Bonchev–Trinajstić information content (AvgIpc) is 2.78. The lowest BCUT2D eigenvalue weighted by molar-refractivity contribution is -0.00435. The molecule has 2 fully saturated rings. The molecular weight excluding hydrogens is 264 g/mol. The number of aliphatic hydroxyl groups is 1. The third-order valence-electron chi connectivity index (χ3n) is 5.16. The van der Waals surface area contributed by atoms with Crippen LogP contribution >= 0.6 is 0 Å². The number of rotatable bonds is 2. The average molecular weight is 284 g/mol. The predicted molar refractivity (Wildman–Crippen MR) is 82.2 cm³/mol. The Labute approximate surface area is 123 Å². The first-order valence-corrected chi connectivity index (χ1v) is 7.64. The second-order valence-corrected chi connectivity index (χ2v) is 6.58. The Balaban J connectivity index is 1.62. The molecule has 0 amide bonds. The third kappa shape index (κ3) is 2.10. The Bertz CT molecular complexity index is 752. The first-order valence-electron chi connectivity index (χ1n) is 7.64. The number of para-hydroxylation sites is 1. The summed E-state index contributed by atoms with van der Waals surface area (Å²) < 4.78 is 0. The molecule has 1 aromatic heterocycles. The Kier molecular flexibility index (Phi) is 2.91. The van der Waals surface area contributed by atoms with Gasteiger partial charge in [-0.1, -0.05) is 18.2 Å². The van der Waals surface area contributed by atoms with Crippen molar-refractivity contribution in [1.82, 2.24) is 9.88 Å². The minimum atomic E-state index is -0.127. The molecule has 4 rings (SSSR count). The lowest BCUT2D eigenvalue weighted by Gasteiger charge is -2.35. The molecule has 3 atom stereocenters. The molecule has 0 radical (unpaired) electrons. The van der Waals surface area contributed by atoms with Crippen molar-refractivity contribution in [3.8, 4) is 0 Å². The number of aromatic nitrogens is 1. The Morgan fingerprint density at radius 2 is 2.24 bits per heavy atom. The summed E-state index contributed by atoms with van der Waals surface area (Å²) in [6.07, 6.45) is 0.798. The van der Waals surface area contributed by atoms with Crippen LogP contribution in [0.2, 0.25) is 0 Å². The number of pyridine rings is 1. The van der Waals surface area contributed by atoms with Crippen molar-refractivity contribution in [2.75, 3.05) is 13.1 Å². The van der Waals surface area contributed by atoms with Gasteiger partial charge in [-0.15, -0.1) is 0 Å². The molecule has 1 aromatic carbocycles. The van der Waals surface area contributed by atoms with Crippen molar-refractivity contribution in [3.63, 3.8) is 0 Å². The SMILES string of the molecule is Cc1cccc2cc(CN3C[C@H]4C[C@@H](O)[C@H]4C3)c(=O)[nH]c12. The molecule has 4 heteroatoms. The van der Waals surface area contributed by atoms with Crippen LogP contribution in [0.4, 0.5) is 0 Å². The number of hydrogen-bond acceptors (Lipinski definition) is 3. The van der Waals surface area contributed by atoms with Gasteiger partial charge in [0.15, 0.2) is 0 Å². The smallest absolute Gasteiger partial charge is 0.252 e. The van der Waals surface area contributed by atoms with Gasteiger partial charge in [0.2, 0.25) is 0 Å². The molecule has 0 spiro atoms. The molecule has 1 aliphatic carbocycles. The number of nitrogens with zero attached hydrogens (tertiary/aromatic N) is 1. The number of benzene rings is 1. The summed E-state index contributed by atoms with van der Waals surface area (Å²) in [5.74, 6) is 1.05. The molecule has 1 aliphatic heterocycles. The molecule has 1 saturated heterocycles. The number of H-pyrrole nitrogens is 1. The summed E-state index contributed by atoms with van der Waals surface area (Å²) in [6.45, 7) is 4.61. The largest absolute Gasteiger partial charge is 0.393 e. The number of aromatic amines is 1. The van der Waals surface area contributed by atoms with Crippen LogP contribution in [0.5, 0.6) is 0 Å². The van der Waals surface area contributed by atoms with Crippen LogP contribution in [-0.4, -0.2) is 34.2 Å². The van der Waals surface area contributed by atoms with E-state index in [-0.39, 0.29) is 11.7 Å². The number of nitrogens with one attached hydrogen (secondary N) is 1. The second-order valence-electron chi connectivity index (χ2n) is 6.58. The van der Waals surface area contributed by atoms with Gasteiger partial charge in [0.25, 0.3) is 5.56 Å². The van der Waals surface area contributed by atoms with Crippen LogP contribution in [0.15, 0.2) is 29.1 Å². The Morgan fingerprint density at radius 1 is 1.38 bits per heavy atom. The molecule has 2 aromatic rings. The highest BCUT2D eigenvalue weighted by molar-refractivity contribution is 5.81. The van der Waals surface area contributed by atoms with Crippen molar-refractivity contribution >= 4 is 10.9 Å². The van der Waals surface area contributed by atoms with Crippen LogP contribution in [0.1, 0.15) is 17.5 Å². The number of fused-ring (bicyclic) bond motifs is 2. The lowest BCUT2D eigenvalue weighted by Crippen LogP contribution is -2.39. The van der Waals surface area contributed by atoms with Crippen molar-refractivity contribution in [2.45, 2.75) is 26.0 Å². The summed E-state index contributed by atoms with van der Waals surface area (Å²) >= 11 is 0. The molecule has 0 bridgehead atoms. The fourth-order valence-corrected chi connectivity index (χ4v) is 3.88. The predicted octanol–water partition coefficient (Wildman–Crippen LogP) is 1.65. The monoisotopic (exact) mass is 284 g/mol. The fraction of sp³-hybridized carbons (Fsp3) is 0.471. The van der Waals surface area contributed by atoms with Crippen molar-refractivity contribution in [3.05, 3.63) is 45.7 Å². The summed E-state index contributed by atoms with van der Waals surface area (Å²) in [4.78, 5) is 17.6. The van der Waals surface area contributed by atoms with E-state index < -0.39 is 0 Å². The minimum absolute atomic E-state index is 0.0107.